The van der Waals surface area contributed by atoms with Crippen molar-refractivity contribution < 1.29 is 14.4 Å². The Balaban J connectivity index is 1.45. The van der Waals surface area contributed by atoms with Crippen molar-refractivity contribution in [2.24, 2.45) is 0 Å². The number of hydrogen-bond acceptors (Lipinski definition) is 6. The van der Waals surface area contributed by atoms with E-state index in [1.807, 2.05) is 11.8 Å². The van der Waals surface area contributed by atoms with Gasteiger partial charge < -0.3 is 9.80 Å². The van der Waals surface area contributed by atoms with Gasteiger partial charge >= 0.3 is 0 Å². The molecule has 1 saturated heterocycles. The molecule has 1 aromatic carbocycles. The highest BCUT2D eigenvalue weighted by Crippen LogP contribution is 2.26. The molecular weight excluding hydrogens is 358 g/mol. The fourth-order valence-corrected chi connectivity index (χ4v) is 3.68. The molecule has 0 N–H and O–H groups in total. The average molecular weight is 379 g/mol. The molecule has 4 rings (SSSR count). The number of carbonyl (C=O) groups excluding carboxylic acids is 3. The van der Waals surface area contributed by atoms with Crippen LogP contribution in [0.1, 0.15) is 33.2 Å². The van der Waals surface area contributed by atoms with Crippen LogP contribution < -0.4 is 4.90 Å². The molecule has 2 aliphatic heterocycles. The van der Waals surface area contributed by atoms with Crippen LogP contribution in [0.25, 0.3) is 0 Å². The number of anilines is 1. The number of rotatable bonds is 3. The van der Waals surface area contributed by atoms with Crippen molar-refractivity contribution >= 4 is 23.7 Å². The molecule has 3 amide bonds. The maximum absolute atomic E-state index is 13.0. The Morgan fingerprint density at radius 1 is 1.00 bits per heavy atom. The number of hydrogen-bond donors (Lipinski definition) is 0. The summed E-state index contributed by atoms with van der Waals surface area (Å²) >= 11 is 0. The summed E-state index contributed by atoms with van der Waals surface area (Å²) in [6.45, 7) is 5.66. The molecule has 1 aromatic heterocycles. The maximum Gasteiger partial charge on any atom is 0.262 e. The second-order valence-electron chi connectivity index (χ2n) is 7.07. The standard InChI is InChI=1S/C20H21N5O3/c1-13-4-5-15-16(12-13)19(28)25(18(15)27)14(2)17(26)23-8-10-24(11-9-23)20-21-6-3-7-22-20/h3-7,12,14H,8-11H2,1-2H3/t14-/m0/s1. The van der Waals surface area contributed by atoms with Gasteiger partial charge in [0.25, 0.3) is 11.8 Å². The number of nitrogens with zero attached hydrogens (tertiary/aromatic N) is 5. The molecule has 144 valence electrons. The Hall–Kier alpha value is -3.29. The van der Waals surface area contributed by atoms with E-state index in [9.17, 15) is 14.4 Å². The quantitative estimate of drug-likeness (QED) is 0.743. The Labute approximate surface area is 162 Å². The van der Waals surface area contributed by atoms with Gasteiger partial charge in [0, 0.05) is 38.6 Å². The third-order valence-corrected chi connectivity index (χ3v) is 5.24. The van der Waals surface area contributed by atoms with Gasteiger partial charge in [0.05, 0.1) is 11.1 Å². The molecule has 0 unspecified atom stereocenters. The smallest absolute Gasteiger partial charge is 0.262 e. The van der Waals surface area contributed by atoms with Crippen LogP contribution in [0.15, 0.2) is 36.7 Å². The fourth-order valence-electron chi connectivity index (χ4n) is 3.68. The summed E-state index contributed by atoms with van der Waals surface area (Å²) in [5.41, 5.74) is 1.64. The van der Waals surface area contributed by atoms with Crippen LogP contribution in [0.5, 0.6) is 0 Å². The monoisotopic (exact) mass is 379 g/mol. The first-order chi connectivity index (χ1) is 13.5. The number of amides is 3. The van der Waals surface area contributed by atoms with E-state index >= 15 is 0 Å². The van der Waals surface area contributed by atoms with Crippen molar-refractivity contribution in [1.82, 2.24) is 19.8 Å². The zero-order valence-corrected chi connectivity index (χ0v) is 15.8. The van der Waals surface area contributed by atoms with Gasteiger partial charge in [-0.1, -0.05) is 11.6 Å². The normalized spacial score (nSPS) is 17.7. The van der Waals surface area contributed by atoms with Crippen molar-refractivity contribution in [2.45, 2.75) is 19.9 Å². The zero-order valence-electron chi connectivity index (χ0n) is 15.8. The van der Waals surface area contributed by atoms with Gasteiger partial charge in [-0.3, -0.25) is 19.3 Å². The van der Waals surface area contributed by atoms with E-state index in [1.165, 1.54) is 0 Å². The molecule has 8 heteroatoms. The first-order valence-electron chi connectivity index (χ1n) is 9.26. The second-order valence-corrected chi connectivity index (χ2v) is 7.07. The lowest BCUT2D eigenvalue weighted by molar-refractivity contribution is -0.135. The summed E-state index contributed by atoms with van der Waals surface area (Å²) in [5.74, 6) is -0.392. The number of aryl methyl sites for hydroxylation is 1. The third-order valence-electron chi connectivity index (χ3n) is 5.24. The lowest BCUT2D eigenvalue weighted by Gasteiger charge is -2.37. The highest BCUT2D eigenvalue weighted by molar-refractivity contribution is 6.22. The minimum atomic E-state index is -0.841. The average Bonchev–Trinajstić information content (AvgIpc) is 2.97. The summed E-state index contributed by atoms with van der Waals surface area (Å²) in [6, 6.07) is 6.07. The molecule has 2 aromatic rings. The van der Waals surface area contributed by atoms with Gasteiger partial charge in [-0.15, -0.1) is 0 Å². The molecule has 1 fully saturated rings. The maximum atomic E-state index is 13.0. The van der Waals surface area contributed by atoms with E-state index in [1.54, 1.807) is 48.5 Å². The Morgan fingerprint density at radius 2 is 1.64 bits per heavy atom. The van der Waals surface area contributed by atoms with Crippen LogP contribution in [0.2, 0.25) is 0 Å². The summed E-state index contributed by atoms with van der Waals surface area (Å²) < 4.78 is 0. The van der Waals surface area contributed by atoms with Gasteiger partial charge in [-0.05, 0) is 32.0 Å². The largest absolute Gasteiger partial charge is 0.337 e. The molecular formula is C20H21N5O3. The predicted octanol–water partition coefficient (Wildman–Crippen LogP) is 1.12. The van der Waals surface area contributed by atoms with Gasteiger partial charge in [0.2, 0.25) is 11.9 Å². The van der Waals surface area contributed by atoms with Crippen molar-refractivity contribution in [1.29, 1.82) is 0 Å². The van der Waals surface area contributed by atoms with Crippen molar-refractivity contribution in [2.75, 3.05) is 31.1 Å². The molecule has 28 heavy (non-hydrogen) atoms. The van der Waals surface area contributed by atoms with Crippen LogP contribution in [0, 0.1) is 6.92 Å². The Kier molecular flexibility index (Phi) is 4.54. The van der Waals surface area contributed by atoms with Crippen LogP contribution >= 0.6 is 0 Å². The van der Waals surface area contributed by atoms with Crippen LogP contribution in [-0.4, -0.2) is 69.7 Å². The van der Waals surface area contributed by atoms with E-state index in [2.05, 4.69) is 9.97 Å². The van der Waals surface area contributed by atoms with Crippen molar-refractivity contribution in [3.8, 4) is 0 Å². The SMILES string of the molecule is Cc1ccc2c(c1)C(=O)N([C@@H](C)C(=O)N1CCN(c3ncccn3)CC1)C2=O. The highest BCUT2D eigenvalue weighted by Gasteiger charge is 2.42. The molecule has 3 heterocycles. The van der Waals surface area contributed by atoms with Gasteiger partial charge in [0.15, 0.2) is 0 Å². The Morgan fingerprint density at radius 3 is 2.32 bits per heavy atom. The van der Waals surface area contributed by atoms with Crippen LogP contribution in [0.3, 0.4) is 0 Å². The van der Waals surface area contributed by atoms with Crippen molar-refractivity contribution in [3.63, 3.8) is 0 Å². The van der Waals surface area contributed by atoms with E-state index < -0.39 is 17.9 Å². The van der Waals surface area contributed by atoms with E-state index in [0.29, 0.717) is 43.3 Å². The van der Waals surface area contributed by atoms with Crippen molar-refractivity contribution in [3.05, 3.63) is 53.3 Å². The number of aromatic nitrogens is 2. The Bertz CT molecular complexity index is 938. The highest BCUT2D eigenvalue weighted by atomic mass is 16.2. The molecule has 2 aliphatic rings. The number of carbonyl (C=O) groups is 3. The topological polar surface area (TPSA) is 86.7 Å². The summed E-state index contributed by atoms with van der Waals surface area (Å²) in [7, 11) is 0. The summed E-state index contributed by atoms with van der Waals surface area (Å²) in [5, 5.41) is 0. The summed E-state index contributed by atoms with van der Waals surface area (Å²) in [6.07, 6.45) is 3.37. The molecule has 0 aliphatic carbocycles. The van der Waals surface area contributed by atoms with E-state index in [-0.39, 0.29) is 5.91 Å². The molecule has 0 spiro atoms. The van der Waals surface area contributed by atoms with Gasteiger partial charge in [0.1, 0.15) is 6.04 Å². The minimum absolute atomic E-state index is 0.222. The number of piperazine rings is 1. The lowest BCUT2D eigenvalue weighted by atomic mass is 10.1. The van der Waals surface area contributed by atoms with E-state index in [4.69, 9.17) is 0 Å². The third kappa shape index (κ3) is 3.00. The first-order valence-corrected chi connectivity index (χ1v) is 9.26. The predicted molar refractivity (Wildman–Crippen MR) is 102 cm³/mol. The number of fused-ring (bicyclic) bond motifs is 1. The van der Waals surface area contributed by atoms with Gasteiger partial charge in [-0.2, -0.15) is 0 Å². The number of imide groups is 1. The lowest BCUT2D eigenvalue weighted by Crippen LogP contribution is -2.55. The molecule has 0 bridgehead atoms. The second kappa shape index (κ2) is 7.03. The molecule has 8 nitrogen and oxygen atoms in total. The van der Waals surface area contributed by atoms with E-state index in [0.717, 1.165) is 10.5 Å². The summed E-state index contributed by atoms with van der Waals surface area (Å²) in [4.78, 5) is 51.7. The zero-order chi connectivity index (χ0) is 19.8. The fraction of sp³-hybridized carbons (Fsp3) is 0.350. The minimum Gasteiger partial charge on any atom is -0.337 e. The van der Waals surface area contributed by atoms with Gasteiger partial charge in [-0.25, -0.2) is 9.97 Å². The van der Waals surface area contributed by atoms with Crippen LogP contribution in [-0.2, 0) is 4.79 Å². The molecule has 0 radical (unpaired) electrons. The number of benzene rings is 1. The molecule has 0 saturated carbocycles. The van der Waals surface area contributed by atoms with Crippen LogP contribution in [0.4, 0.5) is 5.95 Å². The molecule has 1 atom stereocenters. The first kappa shape index (κ1) is 18.1.